The second kappa shape index (κ2) is 9.77. The second-order valence-electron chi connectivity index (χ2n) is 8.65. The third-order valence-corrected chi connectivity index (χ3v) is 7.47. The van der Waals surface area contributed by atoms with Crippen LogP contribution in [0.1, 0.15) is 27.4 Å². The van der Waals surface area contributed by atoms with Crippen molar-refractivity contribution < 1.29 is 4.79 Å². The Morgan fingerprint density at radius 2 is 1.62 bits per heavy atom. The average molecular weight is 469 g/mol. The van der Waals surface area contributed by atoms with E-state index in [1.807, 2.05) is 47.4 Å². The Kier molecular flexibility index (Phi) is 6.41. The van der Waals surface area contributed by atoms with Crippen molar-refractivity contribution in [2.24, 2.45) is 0 Å². The molecule has 0 spiro atoms. The number of piperazine rings is 1. The Balaban J connectivity index is 1.35. The van der Waals surface area contributed by atoms with Gasteiger partial charge in [-0.1, -0.05) is 60.7 Å². The monoisotopic (exact) mass is 468 g/mol. The average Bonchev–Trinajstić information content (AvgIpc) is 3.16. The van der Waals surface area contributed by atoms with Gasteiger partial charge in [0.15, 0.2) is 0 Å². The van der Waals surface area contributed by atoms with Crippen LogP contribution in [0.25, 0.3) is 16.3 Å². The molecule has 2 aromatic carbocycles. The zero-order valence-electron chi connectivity index (χ0n) is 19.6. The summed E-state index contributed by atoms with van der Waals surface area (Å²) in [5.74, 6) is 1.91. The van der Waals surface area contributed by atoms with E-state index in [2.05, 4.69) is 43.0 Å². The molecule has 1 amide bonds. The number of hydrogen-bond acceptors (Lipinski definition) is 5. The number of fused-ring (bicyclic) bond motifs is 1. The first-order chi connectivity index (χ1) is 16.6. The second-order valence-corrected chi connectivity index (χ2v) is 9.85. The lowest BCUT2D eigenvalue weighted by molar-refractivity contribution is -0.126. The summed E-state index contributed by atoms with van der Waals surface area (Å²) >= 11 is 1.74. The van der Waals surface area contributed by atoms with Gasteiger partial charge in [-0.25, -0.2) is 9.97 Å². The molecule has 3 heterocycles. The molecule has 172 valence electrons. The van der Waals surface area contributed by atoms with Crippen LogP contribution in [0.4, 0.5) is 5.82 Å². The molecule has 1 aliphatic rings. The fourth-order valence-electron chi connectivity index (χ4n) is 4.33. The molecule has 1 fully saturated rings. The van der Waals surface area contributed by atoms with Crippen LogP contribution in [0.2, 0.25) is 0 Å². The zero-order valence-corrected chi connectivity index (χ0v) is 20.4. The van der Waals surface area contributed by atoms with E-state index in [0.29, 0.717) is 19.5 Å². The van der Waals surface area contributed by atoms with Gasteiger partial charge < -0.3 is 9.80 Å². The molecule has 4 aromatic rings. The van der Waals surface area contributed by atoms with E-state index in [1.165, 1.54) is 16.0 Å². The molecule has 1 saturated heterocycles. The van der Waals surface area contributed by atoms with Gasteiger partial charge in [0.2, 0.25) is 5.91 Å². The minimum absolute atomic E-state index is 0.0589. The Morgan fingerprint density at radius 1 is 0.941 bits per heavy atom. The van der Waals surface area contributed by atoms with Crippen molar-refractivity contribution >= 4 is 39.4 Å². The van der Waals surface area contributed by atoms with Crippen LogP contribution >= 0.6 is 11.3 Å². The highest BCUT2D eigenvalue weighted by Gasteiger charge is 2.24. The number of aryl methyl sites for hydroxylation is 2. The van der Waals surface area contributed by atoms with Gasteiger partial charge in [-0.05, 0) is 36.6 Å². The Hall–Kier alpha value is -3.51. The number of anilines is 1. The number of carbonyl (C=O) groups is 1. The van der Waals surface area contributed by atoms with Gasteiger partial charge in [0.25, 0.3) is 0 Å². The predicted molar refractivity (Wildman–Crippen MR) is 140 cm³/mol. The van der Waals surface area contributed by atoms with Crippen molar-refractivity contribution in [3.63, 3.8) is 0 Å². The lowest BCUT2D eigenvalue weighted by Gasteiger charge is -2.35. The Bertz CT molecular complexity index is 1320. The maximum Gasteiger partial charge on any atom is 0.246 e. The first-order valence-corrected chi connectivity index (χ1v) is 12.5. The molecule has 5 nitrogen and oxygen atoms in total. The summed E-state index contributed by atoms with van der Waals surface area (Å²) in [5, 5.41) is 1.16. The summed E-state index contributed by atoms with van der Waals surface area (Å²) in [6.07, 6.45) is 4.27. The lowest BCUT2D eigenvalue weighted by Crippen LogP contribution is -2.48. The number of hydrogen-bond donors (Lipinski definition) is 0. The molecule has 0 bridgehead atoms. The highest BCUT2D eigenvalue weighted by molar-refractivity contribution is 7.18. The Morgan fingerprint density at radius 3 is 2.32 bits per heavy atom. The smallest absolute Gasteiger partial charge is 0.246 e. The quantitative estimate of drug-likeness (QED) is 0.375. The van der Waals surface area contributed by atoms with Gasteiger partial charge in [0.1, 0.15) is 16.5 Å². The molecule has 5 rings (SSSR count). The van der Waals surface area contributed by atoms with E-state index < -0.39 is 0 Å². The topological polar surface area (TPSA) is 49.3 Å². The van der Waals surface area contributed by atoms with E-state index in [1.54, 1.807) is 17.4 Å². The molecule has 2 aromatic heterocycles. The maximum absolute atomic E-state index is 12.7. The van der Waals surface area contributed by atoms with E-state index in [4.69, 9.17) is 9.97 Å². The molecule has 0 radical (unpaired) electrons. The minimum atomic E-state index is 0.0589. The molecular weight excluding hydrogens is 440 g/mol. The van der Waals surface area contributed by atoms with Crippen LogP contribution in [0.15, 0.2) is 66.7 Å². The molecule has 6 heteroatoms. The number of rotatable bonds is 5. The highest BCUT2D eigenvalue weighted by atomic mass is 32.1. The largest absolute Gasteiger partial charge is 0.352 e. The predicted octanol–water partition coefficient (Wildman–Crippen LogP) is 5.26. The fourth-order valence-corrected chi connectivity index (χ4v) is 5.38. The van der Waals surface area contributed by atoms with Crippen LogP contribution in [0.5, 0.6) is 0 Å². The number of carbonyl (C=O) groups excluding carboxylic acids is 1. The lowest BCUT2D eigenvalue weighted by atomic mass is 10.1. The summed E-state index contributed by atoms with van der Waals surface area (Å²) < 4.78 is 0. The SMILES string of the molecule is Cc1sc2nc(Cc3ccccc3)nc(N3CCN(C(=O)/C=C/c4ccccc4)CC3)c2c1C. The van der Waals surface area contributed by atoms with Crippen molar-refractivity contribution in [2.75, 3.05) is 31.1 Å². The normalized spacial score (nSPS) is 14.3. The van der Waals surface area contributed by atoms with Gasteiger partial charge >= 0.3 is 0 Å². The third kappa shape index (κ3) is 4.73. The minimum Gasteiger partial charge on any atom is -0.352 e. The van der Waals surface area contributed by atoms with Gasteiger partial charge in [0, 0.05) is 43.6 Å². The van der Waals surface area contributed by atoms with Crippen LogP contribution in [-0.4, -0.2) is 47.0 Å². The highest BCUT2D eigenvalue weighted by Crippen LogP contribution is 2.35. The molecule has 1 aliphatic heterocycles. The van der Waals surface area contributed by atoms with Gasteiger partial charge in [-0.2, -0.15) is 0 Å². The van der Waals surface area contributed by atoms with Gasteiger partial charge in [-0.15, -0.1) is 11.3 Å². The Labute approximate surface area is 204 Å². The molecular formula is C28H28N4OS. The summed E-state index contributed by atoms with van der Waals surface area (Å²) in [5.41, 5.74) is 3.50. The summed E-state index contributed by atoms with van der Waals surface area (Å²) in [4.78, 5) is 29.3. The molecule has 0 atom stereocenters. The number of aromatic nitrogens is 2. The maximum atomic E-state index is 12.7. The molecule has 0 N–H and O–H groups in total. The summed E-state index contributed by atoms with van der Waals surface area (Å²) in [7, 11) is 0. The summed E-state index contributed by atoms with van der Waals surface area (Å²) in [6.45, 7) is 7.19. The van der Waals surface area contributed by atoms with Gasteiger partial charge in [0.05, 0.1) is 5.39 Å². The molecule has 0 saturated carbocycles. The first-order valence-electron chi connectivity index (χ1n) is 11.7. The third-order valence-electron chi connectivity index (χ3n) is 6.37. The van der Waals surface area contributed by atoms with Crippen molar-refractivity contribution in [3.05, 3.63) is 94.1 Å². The molecule has 0 unspecified atom stereocenters. The van der Waals surface area contributed by atoms with Crippen molar-refractivity contribution in [1.29, 1.82) is 0 Å². The zero-order chi connectivity index (χ0) is 23.5. The van der Waals surface area contributed by atoms with Crippen molar-refractivity contribution in [1.82, 2.24) is 14.9 Å². The number of benzene rings is 2. The van der Waals surface area contributed by atoms with E-state index in [9.17, 15) is 4.79 Å². The number of thiophene rings is 1. The van der Waals surface area contributed by atoms with Crippen molar-refractivity contribution in [2.45, 2.75) is 20.3 Å². The van der Waals surface area contributed by atoms with Crippen LogP contribution in [0.3, 0.4) is 0 Å². The van der Waals surface area contributed by atoms with Crippen LogP contribution in [0, 0.1) is 13.8 Å². The standard InChI is InChI=1S/C28H28N4OS/c1-20-21(2)34-28-26(20)27(29-24(30-28)19-23-11-7-4-8-12-23)32-17-15-31(16-18-32)25(33)14-13-22-9-5-3-6-10-22/h3-14H,15-19H2,1-2H3/b14-13+. The molecule has 0 aliphatic carbocycles. The molecule has 34 heavy (non-hydrogen) atoms. The van der Waals surface area contributed by atoms with Crippen LogP contribution < -0.4 is 4.90 Å². The van der Waals surface area contributed by atoms with E-state index in [0.717, 1.165) is 40.5 Å². The van der Waals surface area contributed by atoms with Crippen molar-refractivity contribution in [3.8, 4) is 0 Å². The summed E-state index contributed by atoms with van der Waals surface area (Å²) in [6, 6.07) is 20.3. The fraction of sp³-hybridized carbons (Fsp3) is 0.250. The first kappa shape index (κ1) is 22.3. The number of nitrogens with zero attached hydrogens (tertiary/aromatic N) is 4. The van der Waals surface area contributed by atoms with E-state index >= 15 is 0 Å². The van der Waals surface area contributed by atoms with E-state index in [-0.39, 0.29) is 5.91 Å². The number of amides is 1. The van der Waals surface area contributed by atoms with Crippen LogP contribution in [-0.2, 0) is 11.2 Å². The van der Waals surface area contributed by atoms with Gasteiger partial charge in [-0.3, -0.25) is 4.79 Å².